The van der Waals surface area contributed by atoms with E-state index < -0.39 is 59.5 Å². The molecule has 31 heavy (non-hydrogen) atoms. The molecule has 10 heteroatoms. The molecule has 2 N–H and O–H groups in total. The van der Waals surface area contributed by atoms with Gasteiger partial charge < -0.3 is 15.2 Å². The number of halogens is 6. The summed E-state index contributed by atoms with van der Waals surface area (Å²) in [4.78, 5) is 12.5. The summed E-state index contributed by atoms with van der Waals surface area (Å²) in [5.74, 6) is -4.25. The normalized spacial score (nSPS) is 17.0. The van der Waals surface area contributed by atoms with Crippen molar-refractivity contribution in [2.24, 2.45) is 0 Å². The zero-order chi connectivity index (χ0) is 23.0. The molecule has 1 aliphatic rings. The van der Waals surface area contributed by atoms with Crippen LogP contribution in [0.5, 0.6) is 5.75 Å². The fraction of sp³-hybridized carbons (Fsp3) is 0.381. The Kier molecular flexibility index (Phi) is 5.96. The van der Waals surface area contributed by atoms with Crippen LogP contribution in [0.15, 0.2) is 36.4 Å². The van der Waals surface area contributed by atoms with E-state index in [2.05, 4.69) is 10.1 Å². The number of hydrogen-bond acceptors (Lipinski definition) is 3. The van der Waals surface area contributed by atoms with Gasteiger partial charge in [0.15, 0.2) is 18.2 Å². The number of hydrogen-bond donors (Lipinski definition) is 2. The number of carbonyl (C=O) groups excluding carboxylic acids is 1. The van der Waals surface area contributed by atoms with Crippen LogP contribution in [0.1, 0.15) is 37.3 Å². The molecule has 2 aromatic carbocycles. The molecule has 2 aromatic rings. The fourth-order valence-corrected chi connectivity index (χ4v) is 3.38. The minimum Gasteiger partial charge on any atom is -0.481 e. The summed E-state index contributed by atoms with van der Waals surface area (Å²) in [6.07, 6.45) is -4.63. The molecule has 0 spiro atoms. The van der Waals surface area contributed by atoms with Gasteiger partial charge in [-0.05, 0) is 31.9 Å². The molecule has 3 rings (SSSR count). The summed E-state index contributed by atoms with van der Waals surface area (Å²) in [7, 11) is 0. The van der Waals surface area contributed by atoms with Crippen LogP contribution >= 0.6 is 0 Å². The number of benzene rings is 2. The number of ether oxygens (including phenoxy) is 1. The van der Waals surface area contributed by atoms with Crippen LogP contribution in [0, 0.1) is 17.5 Å². The molecule has 1 atom stereocenters. The summed E-state index contributed by atoms with van der Waals surface area (Å²) in [5, 5.41) is 13.1. The van der Waals surface area contributed by atoms with Crippen LogP contribution in [0.3, 0.4) is 0 Å². The molecule has 0 heterocycles. The van der Waals surface area contributed by atoms with E-state index in [1.54, 1.807) is 0 Å². The van der Waals surface area contributed by atoms with Crippen LogP contribution in [-0.2, 0) is 15.9 Å². The van der Waals surface area contributed by atoms with E-state index in [4.69, 9.17) is 0 Å². The van der Waals surface area contributed by atoms with Gasteiger partial charge in [-0.2, -0.15) is 13.2 Å². The van der Waals surface area contributed by atoms with Crippen molar-refractivity contribution in [3.05, 3.63) is 65.0 Å². The minimum absolute atomic E-state index is 0.0480. The highest BCUT2D eigenvalue weighted by molar-refractivity contribution is 5.79. The van der Waals surface area contributed by atoms with Crippen LogP contribution in [0.4, 0.5) is 26.3 Å². The largest absolute Gasteiger partial charge is 0.481 e. The van der Waals surface area contributed by atoms with Gasteiger partial charge in [0.25, 0.3) is 0 Å². The highest BCUT2D eigenvalue weighted by Crippen LogP contribution is 2.48. The maximum Gasteiger partial charge on any atom is 0.422 e. The van der Waals surface area contributed by atoms with Crippen molar-refractivity contribution in [1.82, 2.24) is 5.32 Å². The van der Waals surface area contributed by atoms with Gasteiger partial charge in [0.1, 0.15) is 11.6 Å². The second-order valence-corrected chi connectivity index (χ2v) is 7.73. The molecule has 1 amide bonds. The molecular formula is C21H19F6NO3. The SMILES string of the molecule is C[C@](O)(CC(=O)NC1(c2cccc(OCC(F)(F)F)c2F)CC1)c1ccc(F)cc1F. The van der Waals surface area contributed by atoms with Crippen LogP contribution in [0.2, 0.25) is 0 Å². The second-order valence-electron chi connectivity index (χ2n) is 7.73. The molecule has 1 saturated carbocycles. The van der Waals surface area contributed by atoms with Crippen molar-refractivity contribution in [3.8, 4) is 5.75 Å². The van der Waals surface area contributed by atoms with Crippen molar-refractivity contribution in [1.29, 1.82) is 0 Å². The Bertz CT molecular complexity index is 986. The van der Waals surface area contributed by atoms with Crippen LogP contribution in [-0.4, -0.2) is 23.8 Å². The first kappa shape index (κ1) is 22.9. The number of amides is 1. The van der Waals surface area contributed by atoms with Gasteiger partial charge in [0, 0.05) is 17.2 Å². The third-order valence-corrected chi connectivity index (χ3v) is 5.02. The van der Waals surface area contributed by atoms with Crippen molar-refractivity contribution < 1.29 is 41.0 Å². The van der Waals surface area contributed by atoms with Gasteiger partial charge >= 0.3 is 6.18 Å². The smallest absolute Gasteiger partial charge is 0.422 e. The topological polar surface area (TPSA) is 58.6 Å². The van der Waals surface area contributed by atoms with Gasteiger partial charge in [-0.25, -0.2) is 13.2 Å². The lowest BCUT2D eigenvalue weighted by Gasteiger charge is -2.26. The first-order valence-corrected chi connectivity index (χ1v) is 9.30. The Morgan fingerprint density at radius 3 is 2.42 bits per heavy atom. The van der Waals surface area contributed by atoms with Crippen molar-refractivity contribution in [2.75, 3.05) is 6.61 Å². The molecule has 1 aliphatic carbocycles. The highest BCUT2D eigenvalue weighted by atomic mass is 19.4. The average molecular weight is 447 g/mol. The first-order chi connectivity index (χ1) is 14.3. The van der Waals surface area contributed by atoms with Gasteiger partial charge in [-0.1, -0.05) is 18.2 Å². The average Bonchev–Trinajstić information content (AvgIpc) is 3.39. The Balaban J connectivity index is 1.75. The van der Waals surface area contributed by atoms with Crippen LogP contribution < -0.4 is 10.1 Å². The van der Waals surface area contributed by atoms with E-state index >= 15 is 0 Å². The number of carbonyl (C=O) groups is 1. The molecule has 168 valence electrons. The predicted molar refractivity (Wildman–Crippen MR) is 97.6 cm³/mol. The van der Waals surface area contributed by atoms with Crippen molar-refractivity contribution in [2.45, 2.75) is 43.5 Å². The summed E-state index contributed by atoms with van der Waals surface area (Å²) < 4.78 is 83.4. The van der Waals surface area contributed by atoms with Gasteiger partial charge in [-0.3, -0.25) is 4.79 Å². The summed E-state index contributed by atoms with van der Waals surface area (Å²) in [5.41, 5.74) is -3.49. The predicted octanol–water partition coefficient (Wildman–Crippen LogP) is 4.45. The van der Waals surface area contributed by atoms with Crippen LogP contribution in [0.25, 0.3) is 0 Å². The zero-order valence-corrected chi connectivity index (χ0v) is 16.3. The minimum atomic E-state index is -4.64. The Labute approximate surface area is 173 Å². The summed E-state index contributed by atoms with van der Waals surface area (Å²) in [6, 6.07) is 6.21. The maximum atomic E-state index is 14.7. The van der Waals surface area contributed by atoms with E-state index in [9.17, 15) is 36.2 Å². The molecule has 0 saturated heterocycles. The molecule has 4 nitrogen and oxygen atoms in total. The lowest BCUT2D eigenvalue weighted by Crippen LogP contribution is -2.39. The molecule has 0 unspecified atom stereocenters. The Hall–Kier alpha value is -2.75. The third kappa shape index (κ3) is 5.30. The first-order valence-electron chi connectivity index (χ1n) is 9.30. The number of nitrogens with one attached hydrogen (secondary N) is 1. The lowest BCUT2D eigenvalue weighted by molar-refractivity contribution is -0.153. The van der Waals surface area contributed by atoms with E-state index in [1.165, 1.54) is 19.1 Å². The molecular weight excluding hydrogens is 428 g/mol. The summed E-state index contributed by atoms with van der Waals surface area (Å²) >= 11 is 0. The van der Waals surface area contributed by atoms with E-state index in [0.29, 0.717) is 18.9 Å². The van der Waals surface area contributed by atoms with E-state index in [0.717, 1.165) is 18.2 Å². The van der Waals surface area contributed by atoms with Gasteiger partial charge in [0.2, 0.25) is 5.91 Å². The molecule has 1 fully saturated rings. The Morgan fingerprint density at radius 2 is 1.84 bits per heavy atom. The van der Waals surface area contributed by atoms with Crippen molar-refractivity contribution >= 4 is 5.91 Å². The van der Waals surface area contributed by atoms with Gasteiger partial charge in [0.05, 0.1) is 17.6 Å². The number of alkyl halides is 3. The van der Waals surface area contributed by atoms with E-state index in [1.807, 2.05) is 0 Å². The molecule has 0 aliphatic heterocycles. The lowest BCUT2D eigenvalue weighted by atomic mass is 9.91. The molecule has 0 bridgehead atoms. The highest BCUT2D eigenvalue weighted by Gasteiger charge is 2.48. The standard InChI is InChI=1S/C21H19F6NO3/c1-19(30,13-6-5-12(22)9-15(13)23)10-17(29)28-20(7-8-20)14-3-2-4-16(18(14)24)31-11-21(25,26)27/h2-6,9,30H,7-8,10-11H2,1H3,(H,28,29)/t19-/m0/s1. The zero-order valence-electron chi connectivity index (χ0n) is 16.3. The molecule has 0 aromatic heterocycles. The quantitative estimate of drug-likeness (QED) is 0.617. The second kappa shape index (κ2) is 8.07. The Morgan fingerprint density at radius 1 is 1.16 bits per heavy atom. The number of aliphatic hydroxyl groups is 1. The van der Waals surface area contributed by atoms with Crippen molar-refractivity contribution in [3.63, 3.8) is 0 Å². The fourth-order valence-electron chi connectivity index (χ4n) is 3.38. The van der Waals surface area contributed by atoms with E-state index in [-0.39, 0.29) is 11.1 Å². The monoisotopic (exact) mass is 447 g/mol. The third-order valence-electron chi connectivity index (χ3n) is 5.02. The summed E-state index contributed by atoms with van der Waals surface area (Å²) in [6.45, 7) is -0.493. The number of rotatable bonds is 7. The maximum absolute atomic E-state index is 14.7. The molecule has 0 radical (unpaired) electrons. The van der Waals surface area contributed by atoms with Gasteiger partial charge in [-0.15, -0.1) is 0 Å².